The molecule has 0 aliphatic heterocycles. The summed E-state index contributed by atoms with van der Waals surface area (Å²) in [4.78, 5) is 15.5. The first kappa shape index (κ1) is 19.2. The van der Waals surface area contributed by atoms with E-state index in [0.29, 0.717) is 16.4 Å². The molecule has 2 aromatic rings. The lowest BCUT2D eigenvalue weighted by Gasteiger charge is -2.12. The van der Waals surface area contributed by atoms with E-state index in [4.69, 9.17) is 0 Å². The van der Waals surface area contributed by atoms with Crippen molar-refractivity contribution in [2.75, 3.05) is 0 Å². The van der Waals surface area contributed by atoms with E-state index < -0.39 is 9.84 Å². The van der Waals surface area contributed by atoms with Crippen LogP contribution >= 0.6 is 0 Å². The second-order valence-electron chi connectivity index (χ2n) is 8.16. The number of nitrogens with one attached hydrogen (secondary N) is 1. The van der Waals surface area contributed by atoms with Gasteiger partial charge in [0.1, 0.15) is 0 Å². The number of hydrogen-bond donors (Lipinski definition) is 1. The monoisotopic (exact) mass is 397 g/mol. The second kappa shape index (κ2) is 7.70. The van der Waals surface area contributed by atoms with E-state index in [-0.39, 0.29) is 10.8 Å². The molecule has 28 heavy (non-hydrogen) atoms. The van der Waals surface area contributed by atoms with Crippen LogP contribution in [0.4, 0.5) is 0 Å². The first-order chi connectivity index (χ1) is 13.4. The number of sulfone groups is 1. The maximum Gasteiger partial charge on any atom is 0.251 e. The smallest absolute Gasteiger partial charge is 0.251 e. The average molecular weight is 398 g/mol. The van der Waals surface area contributed by atoms with Gasteiger partial charge in [-0.15, -0.1) is 0 Å². The molecule has 2 saturated carbocycles. The molecule has 2 aliphatic carbocycles. The third kappa shape index (κ3) is 4.00. The molecule has 1 heterocycles. The van der Waals surface area contributed by atoms with E-state index in [0.717, 1.165) is 36.1 Å². The molecule has 1 aromatic heterocycles. The number of hydrogen-bond acceptors (Lipinski definition) is 3. The van der Waals surface area contributed by atoms with E-state index >= 15 is 0 Å². The Morgan fingerprint density at radius 2 is 1.71 bits per heavy atom. The van der Waals surface area contributed by atoms with E-state index in [9.17, 15) is 13.2 Å². The maximum absolute atomic E-state index is 12.5. The van der Waals surface area contributed by atoms with E-state index in [2.05, 4.69) is 11.1 Å². The summed E-state index contributed by atoms with van der Waals surface area (Å²) in [5.41, 5.74) is 3.29. The van der Waals surface area contributed by atoms with Gasteiger partial charge in [-0.05, 0) is 55.9 Å². The molecule has 4 nitrogen and oxygen atoms in total. The van der Waals surface area contributed by atoms with Gasteiger partial charge in [0, 0.05) is 16.8 Å². The normalized spacial score (nSPS) is 18.5. The molecule has 148 valence electrons. The Labute approximate surface area is 166 Å². The van der Waals surface area contributed by atoms with Crippen LogP contribution in [0, 0.1) is 12.8 Å². The van der Waals surface area contributed by atoms with Crippen LogP contribution in [0.5, 0.6) is 0 Å². The minimum Gasteiger partial charge on any atom is -0.322 e. The zero-order chi connectivity index (χ0) is 19.7. The number of benzene rings is 1. The quantitative estimate of drug-likeness (QED) is 0.773. The number of pyridine rings is 1. The number of aromatic amines is 1. The van der Waals surface area contributed by atoms with Crippen molar-refractivity contribution in [2.45, 2.75) is 62.0 Å². The summed E-state index contributed by atoms with van der Waals surface area (Å²) < 4.78 is 24.9. The van der Waals surface area contributed by atoms with Crippen LogP contribution in [-0.2, 0) is 9.84 Å². The van der Waals surface area contributed by atoms with Gasteiger partial charge < -0.3 is 4.98 Å². The van der Waals surface area contributed by atoms with Crippen molar-refractivity contribution < 1.29 is 8.42 Å². The highest BCUT2D eigenvalue weighted by atomic mass is 32.2. The SMILES string of the molecule is Cc1ccc(C(=CCC2CCCC2)c2ccc(S(=O)(=O)C3CC3)cc2)[nH]c1=O. The second-order valence-corrected chi connectivity index (χ2v) is 10.4. The topological polar surface area (TPSA) is 67.0 Å². The van der Waals surface area contributed by atoms with E-state index in [1.165, 1.54) is 25.7 Å². The van der Waals surface area contributed by atoms with Gasteiger partial charge in [-0.2, -0.15) is 0 Å². The summed E-state index contributed by atoms with van der Waals surface area (Å²) in [5.74, 6) is 0.696. The Hall–Kier alpha value is -2.14. The van der Waals surface area contributed by atoms with Crippen LogP contribution in [0.1, 0.15) is 61.8 Å². The standard InChI is InChI=1S/C23H27NO3S/c1-16-6-15-22(24-23(16)25)21(14-7-17-4-2-3-5-17)18-8-10-19(11-9-18)28(26,27)20-12-13-20/h6,8-11,14-15,17,20H,2-5,7,12-13H2,1H3,(H,24,25). The molecule has 0 saturated heterocycles. The fourth-order valence-corrected chi connectivity index (χ4v) is 5.67. The average Bonchev–Trinajstić information content (AvgIpc) is 3.43. The highest BCUT2D eigenvalue weighted by Gasteiger charge is 2.36. The number of rotatable bonds is 6. The maximum atomic E-state index is 12.5. The van der Waals surface area contributed by atoms with E-state index in [1.54, 1.807) is 19.1 Å². The zero-order valence-electron chi connectivity index (χ0n) is 16.3. The van der Waals surface area contributed by atoms with Crippen molar-refractivity contribution in [1.82, 2.24) is 4.98 Å². The summed E-state index contributed by atoms with van der Waals surface area (Å²) in [5, 5.41) is -0.204. The Morgan fingerprint density at radius 3 is 2.32 bits per heavy atom. The van der Waals surface area contributed by atoms with Crippen LogP contribution in [0.15, 0.2) is 52.2 Å². The summed E-state index contributed by atoms with van der Waals surface area (Å²) in [6.07, 6.45) is 9.82. The molecular formula is C23H27NO3S. The number of aryl methyl sites for hydroxylation is 1. The molecule has 2 aliphatic rings. The van der Waals surface area contributed by atoms with Gasteiger partial charge >= 0.3 is 0 Å². The van der Waals surface area contributed by atoms with Gasteiger partial charge in [-0.25, -0.2) is 8.42 Å². The van der Waals surface area contributed by atoms with E-state index in [1.807, 2.05) is 24.3 Å². The van der Waals surface area contributed by atoms with Crippen molar-refractivity contribution in [1.29, 1.82) is 0 Å². The molecule has 1 N–H and O–H groups in total. The molecule has 0 unspecified atom stereocenters. The lowest BCUT2D eigenvalue weighted by molar-refractivity contribution is 0.558. The predicted molar refractivity (Wildman–Crippen MR) is 112 cm³/mol. The summed E-state index contributed by atoms with van der Waals surface area (Å²) in [7, 11) is -3.19. The van der Waals surface area contributed by atoms with Gasteiger partial charge in [0.05, 0.1) is 10.1 Å². The van der Waals surface area contributed by atoms with Gasteiger partial charge in [0.25, 0.3) is 5.56 Å². The highest BCUT2D eigenvalue weighted by Crippen LogP contribution is 2.35. The first-order valence-electron chi connectivity index (χ1n) is 10.2. The lowest BCUT2D eigenvalue weighted by atomic mass is 9.96. The zero-order valence-corrected chi connectivity index (χ0v) is 17.1. The van der Waals surface area contributed by atoms with Crippen molar-refractivity contribution in [3.63, 3.8) is 0 Å². The van der Waals surface area contributed by atoms with Crippen LogP contribution in [-0.4, -0.2) is 18.7 Å². The predicted octanol–water partition coefficient (Wildman–Crippen LogP) is 4.63. The van der Waals surface area contributed by atoms with Gasteiger partial charge in [0.15, 0.2) is 9.84 Å². The van der Waals surface area contributed by atoms with Crippen LogP contribution < -0.4 is 5.56 Å². The van der Waals surface area contributed by atoms with Crippen molar-refractivity contribution in [3.05, 3.63) is 69.6 Å². The molecule has 0 atom stereocenters. The Morgan fingerprint density at radius 1 is 1.04 bits per heavy atom. The number of aromatic nitrogens is 1. The number of allylic oxidation sites excluding steroid dienone is 1. The largest absolute Gasteiger partial charge is 0.322 e. The van der Waals surface area contributed by atoms with Crippen LogP contribution in [0.3, 0.4) is 0 Å². The first-order valence-corrected chi connectivity index (χ1v) is 11.7. The van der Waals surface area contributed by atoms with Crippen molar-refractivity contribution >= 4 is 15.4 Å². The summed E-state index contributed by atoms with van der Waals surface area (Å²) >= 11 is 0. The van der Waals surface area contributed by atoms with Gasteiger partial charge in [0.2, 0.25) is 0 Å². The Balaban J connectivity index is 1.68. The van der Waals surface area contributed by atoms with Crippen molar-refractivity contribution in [2.24, 2.45) is 5.92 Å². The highest BCUT2D eigenvalue weighted by molar-refractivity contribution is 7.92. The molecule has 0 amide bonds. The fraction of sp³-hybridized carbons (Fsp3) is 0.435. The fourth-order valence-electron chi connectivity index (χ4n) is 4.01. The molecular weight excluding hydrogens is 370 g/mol. The Bertz CT molecular complexity index is 1040. The molecule has 0 bridgehead atoms. The molecule has 4 rings (SSSR count). The van der Waals surface area contributed by atoms with Crippen molar-refractivity contribution in [3.8, 4) is 0 Å². The third-order valence-corrected chi connectivity index (χ3v) is 8.26. The minimum absolute atomic E-state index is 0.0859. The van der Waals surface area contributed by atoms with Gasteiger partial charge in [-0.1, -0.05) is 50.0 Å². The lowest BCUT2D eigenvalue weighted by Crippen LogP contribution is -2.11. The summed E-state index contributed by atoms with van der Waals surface area (Å²) in [6.45, 7) is 1.79. The third-order valence-electron chi connectivity index (χ3n) is 5.98. The number of H-pyrrole nitrogens is 1. The Kier molecular flexibility index (Phi) is 5.28. The van der Waals surface area contributed by atoms with Crippen LogP contribution in [0.25, 0.3) is 5.57 Å². The molecule has 1 aromatic carbocycles. The molecule has 5 heteroatoms. The van der Waals surface area contributed by atoms with Gasteiger partial charge in [-0.3, -0.25) is 4.79 Å². The summed E-state index contributed by atoms with van der Waals surface area (Å²) in [6, 6.07) is 10.9. The minimum atomic E-state index is -3.19. The van der Waals surface area contributed by atoms with Crippen LogP contribution in [0.2, 0.25) is 0 Å². The molecule has 0 spiro atoms. The molecule has 2 fully saturated rings. The molecule has 0 radical (unpaired) electrons.